The molecule has 1 atom stereocenters. The van der Waals surface area contributed by atoms with E-state index in [2.05, 4.69) is 10.6 Å². The SMILES string of the molecule is CC(=O)Nc1ccc(NC2C=CS(=O)(=O)C2)cc1. The van der Waals surface area contributed by atoms with E-state index in [1.54, 1.807) is 30.3 Å². The van der Waals surface area contributed by atoms with Gasteiger partial charge in [0, 0.05) is 23.7 Å². The lowest BCUT2D eigenvalue weighted by molar-refractivity contribution is -0.114. The van der Waals surface area contributed by atoms with E-state index in [9.17, 15) is 13.2 Å². The Morgan fingerprint density at radius 2 is 1.83 bits per heavy atom. The molecule has 2 N–H and O–H groups in total. The standard InChI is InChI=1S/C12H14N2O3S/c1-9(15)13-10-2-4-11(5-3-10)14-12-6-7-18(16,17)8-12/h2-7,12,14H,8H2,1H3,(H,13,15). The third-order valence-corrected chi connectivity index (χ3v) is 3.88. The van der Waals surface area contributed by atoms with Crippen LogP contribution < -0.4 is 10.6 Å². The monoisotopic (exact) mass is 266 g/mol. The van der Waals surface area contributed by atoms with Crippen molar-refractivity contribution in [2.75, 3.05) is 16.4 Å². The number of hydrogen-bond acceptors (Lipinski definition) is 4. The third-order valence-electron chi connectivity index (χ3n) is 2.49. The van der Waals surface area contributed by atoms with Crippen LogP contribution in [-0.4, -0.2) is 26.1 Å². The molecule has 5 nitrogen and oxygen atoms in total. The van der Waals surface area contributed by atoms with E-state index in [1.807, 2.05) is 0 Å². The van der Waals surface area contributed by atoms with Crippen LogP contribution in [0.15, 0.2) is 35.7 Å². The second-order valence-electron chi connectivity index (χ2n) is 4.17. The van der Waals surface area contributed by atoms with Crippen LogP contribution in [-0.2, 0) is 14.6 Å². The van der Waals surface area contributed by atoms with Crippen LogP contribution >= 0.6 is 0 Å². The van der Waals surface area contributed by atoms with Crippen LogP contribution in [0.1, 0.15) is 6.92 Å². The average Bonchev–Trinajstić information content (AvgIpc) is 2.60. The molecule has 0 bridgehead atoms. The lowest BCUT2D eigenvalue weighted by Crippen LogP contribution is -2.20. The number of nitrogens with one attached hydrogen (secondary N) is 2. The molecule has 6 heteroatoms. The molecule has 0 aliphatic carbocycles. The van der Waals surface area contributed by atoms with Crippen molar-refractivity contribution in [2.24, 2.45) is 0 Å². The van der Waals surface area contributed by atoms with Crippen LogP contribution in [0, 0.1) is 0 Å². The average molecular weight is 266 g/mol. The van der Waals surface area contributed by atoms with E-state index in [0.717, 1.165) is 5.69 Å². The number of rotatable bonds is 3. The molecule has 0 spiro atoms. The Morgan fingerprint density at radius 1 is 1.22 bits per heavy atom. The molecule has 1 heterocycles. The number of sulfone groups is 1. The molecule has 1 amide bonds. The van der Waals surface area contributed by atoms with E-state index in [-0.39, 0.29) is 17.7 Å². The molecular formula is C12H14N2O3S. The molecule has 2 rings (SSSR count). The van der Waals surface area contributed by atoms with E-state index < -0.39 is 9.84 Å². The first-order valence-corrected chi connectivity index (χ1v) is 7.21. The first kappa shape index (κ1) is 12.6. The van der Waals surface area contributed by atoms with Gasteiger partial charge >= 0.3 is 0 Å². The minimum atomic E-state index is -3.04. The maximum Gasteiger partial charge on any atom is 0.221 e. The van der Waals surface area contributed by atoms with Crippen molar-refractivity contribution in [2.45, 2.75) is 13.0 Å². The second kappa shape index (κ2) is 4.81. The van der Waals surface area contributed by atoms with Crippen molar-refractivity contribution in [3.05, 3.63) is 35.7 Å². The van der Waals surface area contributed by atoms with Gasteiger partial charge in [-0.3, -0.25) is 4.79 Å². The van der Waals surface area contributed by atoms with Crippen LogP contribution in [0.25, 0.3) is 0 Å². The summed E-state index contributed by atoms with van der Waals surface area (Å²) in [6.45, 7) is 1.44. The molecule has 0 saturated heterocycles. The van der Waals surface area contributed by atoms with Crippen molar-refractivity contribution in [1.29, 1.82) is 0 Å². The topological polar surface area (TPSA) is 75.3 Å². The molecule has 1 aliphatic heterocycles. The lowest BCUT2D eigenvalue weighted by Gasteiger charge is -2.12. The van der Waals surface area contributed by atoms with Gasteiger partial charge in [-0.05, 0) is 24.3 Å². The minimum absolute atomic E-state index is 0.0838. The molecule has 0 saturated carbocycles. The smallest absolute Gasteiger partial charge is 0.221 e. The first-order valence-electron chi connectivity index (χ1n) is 5.50. The van der Waals surface area contributed by atoms with E-state index in [0.29, 0.717) is 5.69 Å². The normalized spacial score (nSPS) is 20.6. The van der Waals surface area contributed by atoms with Gasteiger partial charge in [0.15, 0.2) is 9.84 Å². The summed E-state index contributed by atoms with van der Waals surface area (Å²) in [6.07, 6.45) is 1.64. The summed E-state index contributed by atoms with van der Waals surface area (Å²) in [5.74, 6) is -0.0407. The number of benzene rings is 1. The fraction of sp³-hybridized carbons (Fsp3) is 0.250. The van der Waals surface area contributed by atoms with Gasteiger partial charge in [0.2, 0.25) is 5.91 Å². The van der Waals surface area contributed by atoms with Crippen molar-refractivity contribution >= 4 is 27.1 Å². The van der Waals surface area contributed by atoms with Crippen molar-refractivity contribution in [3.8, 4) is 0 Å². The van der Waals surface area contributed by atoms with Gasteiger partial charge in [-0.1, -0.05) is 6.08 Å². The highest BCUT2D eigenvalue weighted by molar-refractivity contribution is 7.94. The van der Waals surface area contributed by atoms with Crippen LogP contribution in [0.2, 0.25) is 0 Å². The molecule has 1 aliphatic rings. The zero-order chi connectivity index (χ0) is 13.2. The molecule has 1 unspecified atom stereocenters. The fourth-order valence-electron chi connectivity index (χ4n) is 1.73. The maximum absolute atomic E-state index is 11.2. The van der Waals surface area contributed by atoms with Gasteiger partial charge in [0.25, 0.3) is 0 Å². The lowest BCUT2D eigenvalue weighted by atomic mass is 10.2. The molecular weight excluding hydrogens is 252 g/mol. The van der Waals surface area contributed by atoms with Crippen LogP contribution in [0.4, 0.5) is 11.4 Å². The van der Waals surface area contributed by atoms with Gasteiger partial charge in [0.05, 0.1) is 11.8 Å². The highest BCUT2D eigenvalue weighted by Gasteiger charge is 2.21. The second-order valence-corrected chi connectivity index (χ2v) is 6.10. The Morgan fingerprint density at radius 3 is 2.33 bits per heavy atom. The number of amides is 1. The zero-order valence-corrected chi connectivity index (χ0v) is 10.7. The van der Waals surface area contributed by atoms with E-state index in [4.69, 9.17) is 0 Å². The summed E-state index contributed by atoms with van der Waals surface area (Å²) in [7, 11) is -3.04. The number of hydrogen-bond donors (Lipinski definition) is 2. The van der Waals surface area contributed by atoms with Crippen molar-refractivity contribution in [3.63, 3.8) is 0 Å². The number of anilines is 2. The number of carbonyl (C=O) groups is 1. The Labute approximate surface area is 106 Å². The summed E-state index contributed by atoms with van der Waals surface area (Å²) in [6, 6.07) is 6.92. The van der Waals surface area contributed by atoms with Crippen molar-refractivity contribution < 1.29 is 13.2 Å². The Bertz CT molecular complexity index is 576. The van der Waals surface area contributed by atoms with E-state index >= 15 is 0 Å². The zero-order valence-electron chi connectivity index (χ0n) is 9.88. The summed E-state index contributed by atoms with van der Waals surface area (Å²) in [4.78, 5) is 10.8. The first-order chi connectivity index (χ1) is 8.44. The minimum Gasteiger partial charge on any atom is -0.378 e. The molecule has 0 fully saturated rings. The quantitative estimate of drug-likeness (QED) is 0.866. The molecule has 96 valence electrons. The van der Waals surface area contributed by atoms with Gasteiger partial charge in [-0.15, -0.1) is 0 Å². The van der Waals surface area contributed by atoms with E-state index in [1.165, 1.54) is 12.3 Å². The van der Waals surface area contributed by atoms with Gasteiger partial charge in [-0.25, -0.2) is 8.42 Å². The molecule has 1 aromatic carbocycles. The highest BCUT2D eigenvalue weighted by Crippen LogP contribution is 2.17. The summed E-state index contributed by atoms with van der Waals surface area (Å²) in [5, 5.41) is 6.99. The third kappa shape index (κ3) is 3.33. The fourth-order valence-corrected chi connectivity index (χ4v) is 2.97. The Hall–Kier alpha value is -1.82. The summed E-state index contributed by atoms with van der Waals surface area (Å²) >= 11 is 0. The van der Waals surface area contributed by atoms with Gasteiger partial charge in [0.1, 0.15) is 0 Å². The Kier molecular flexibility index (Phi) is 3.38. The van der Waals surface area contributed by atoms with Crippen LogP contribution in [0.5, 0.6) is 0 Å². The maximum atomic E-state index is 11.2. The van der Waals surface area contributed by atoms with Gasteiger partial charge < -0.3 is 10.6 Å². The molecule has 0 aromatic heterocycles. The molecule has 0 radical (unpaired) electrons. The summed E-state index contributed by atoms with van der Waals surface area (Å²) in [5.41, 5.74) is 1.53. The predicted molar refractivity (Wildman–Crippen MR) is 71.1 cm³/mol. The Balaban J connectivity index is 1.99. The predicted octanol–water partition coefficient (Wildman–Crippen LogP) is 1.37. The number of carbonyl (C=O) groups excluding carboxylic acids is 1. The molecule has 1 aromatic rings. The van der Waals surface area contributed by atoms with Crippen LogP contribution in [0.3, 0.4) is 0 Å². The van der Waals surface area contributed by atoms with Crippen molar-refractivity contribution in [1.82, 2.24) is 0 Å². The summed E-state index contributed by atoms with van der Waals surface area (Å²) < 4.78 is 22.5. The largest absolute Gasteiger partial charge is 0.378 e. The highest BCUT2D eigenvalue weighted by atomic mass is 32.2. The van der Waals surface area contributed by atoms with Gasteiger partial charge in [-0.2, -0.15) is 0 Å². The molecule has 18 heavy (non-hydrogen) atoms.